The summed E-state index contributed by atoms with van der Waals surface area (Å²) in [7, 11) is 0. The average molecular weight is 379 g/mol. The zero-order valence-electron chi connectivity index (χ0n) is 15.6. The second kappa shape index (κ2) is 7.75. The molecule has 0 saturated carbocycles. The lowest BCUT2D eigenvalue weighted by molar-refractivity contribution is 0.0672. The summed E-state index contributed by atoms with van der Waals surface area (Å²) in [6, 6.07) is 6.90. The first-order valence-electron chi connectivity index (χ1n) is 9.29. The Kier molecular flexibility index (Phi) is 5.01. The van der Waals surface area contributed by atoms with E-state index >= 15 is 0 Å². The van der Waals surface area contributed by atoms with Crippen LogP contribution in [0.2, 0.25) is 0 Å². The Morgan fingerprint density at radius 2 is 2.11 bits per heavy atom. The van der Waals surface area contributed by atoms with Crippen LogP contribution in [0.1, 0.15) is 29.1 Å². The molecule has 0 bridgehead atoms. The summed E-state index contributed by atoms with van der Waals surface area (Å²) in [6.45, 7) is 3.66. The molecule has 1 aliphatic heterocycles. The largest absolute Gasteiger partial charge is 0.361 e. The molecular weight excluding hydrogens is 358 g/mol. The zero-order chi connectivity index (χ0) is 19.5. The van der Waals surface area contributed by atoms with Crippen molar-refractivity contribution in [2.75, 3.05) is 13.1 Å². The lowest BCUT2D eigenvalue weighted by Crippen LogP contribution is -2.40. The number of rotatable bonds is 4. The van der Waals surface area contributed by atoms with E-state index in [1.165, 1.54) is 0 Å². The van der Waals surface area contributed by atoms with Crippen molar-refractivity contribution in [2.45, 2.75) is 26.3 Å². The molecule has 28 heavy (non-hydrogen) atoms. The molecule has 1 amide bonds. The molecule has 3 aromatic heterocycles. The summed E-state index contributed by atoms with van der Waals surface area (Å²) < 4.78 is 6.63. The van der Waals surface area contributed by atoms with Gasteiger partial charge in [-0.05, 0) is 37.8 Å². The second-order valence-electron chi connectivity index (χ2n) is 7.06. The highest BCUT2D eigenvalue weighted by Gasteiger charge is 2.25. The Morgan fingerprint density at radius 3 is 2.75 bits per heavy atom. The third-order valence-electron chi connectivity index (χ3n) is 5.04. The van der Waals surface area contributed by atoms with Gasteiger partial charge in [-0.1, -0.05) is 5.16 Å². The number of aromatic nitrogens is 4. The van der Waals surface area contributed by atoms with E-state index in [4.69, 9.17) is 4.52 Å². The molecule has 1 saturated heterocycles. The number of hydrogen-bond donors (Lipinski definition) is 0. The van der Waals surface area contributed by atoms with Gasteiger partial charge in [0.15, 0.2) is 5.69 Å². The topological polar surface area (TPSA) is 94.1 Å². The number of amides is 1. The van der Waals surface area contributed by atoms with Gasteiger partial charge in [-0.25, -0.2) is 4.98 Å². The van der Waals surface area contributed by atoms with E-state index in [2.05, 4.69) is 15.1 Å². The number of hydrogen-bond acceptors (Lipinski definition) is 6. The molecule has 0 aliphatic carbocycles. The van der Waals surface area contributed by atoms with Gasteiger partial charge < -0.3 is 9.42 Å². The summed E-state index contributed by atoms with van der Waals surface area (Å²) in [4.78, 5) is 35.2. The third-order valence-corrected chi connectivity index (χ3v) is 5.04. The van der Waals surface area contributed by atoms with Gasteiger partial charge in [0, 0.05) is 49.7 Å². The molecule has 8 heteroatoms. The van der Waals surface area contributed by atoms with Gasteiger partial charge in [-0.2, -0.15) is 0 Å². The molecule has 1 fully saturated rings. The Morgan fingerprint density at radius 1 is 1.29 bits per heavy atom. The molecule has 4 heterocycles. The molecule has 0 aromatic carbocycles. The van der Waals surface area contributed by atoms with E-state index in [1.54, 1.807) is 47.2 Å². The van der Waals surface area contributed by atoms with Gasteiger partial charge in [0.1, 0.15) is 5.76 Å². The number of carbonyl (C=O) groups excluding carboxylic acids is 1. The molecule has 144 valence electrons. The van der Waals surface area contributed by atoms with Crippen LogP contribution in [0.3, 0.4) is 0 Å². The molecule has 8 nitrogen and oxygen atoms in total. The molecule has 0 radical (unpaired) electrons. The van der Waals surface area contributed by atoms with E-state index in [1.807, 2.05) is 12.1 Å². The van der Waals surface area contributed by atoms with Crippen molar-refractivity contribution in [1.82, 2.24) is 24.6 Å². The molecule has 0 spiro atoms. The standard InChI is InChI=1S/C20H21N5O3/c1-14-9-18(23-28-14)20(27)24-7-4-15(5-8-24)12-25-13-22-17(10-19(25)26)16-3-2-6-21-11-16/h2-3,6,9-11,13,15H,4-5,7-8,12H2,1H3. The molecule has 1 aliphatic rings. The van der Waals surface area contributed by atoms with Crippen molar-refractivity contribution in [2.24, 2.45) is 5.92 Å². The maximum atomic E-state index is 12.5. The predicted octanol–water partition coefficient (Wildman–Crippen LogP) is 2.15. The van der Waals surface area contributed by atoms with E-state index in [9.17, 15) is 9.59 Å². The predicted molar refractivity (Wildman–Crippen MR) is 102 cm³/mol. The number of piperidine rings is 1. The fraction of sp³-hybridized carbons (Fsp3) is 0.350. The van der Waals surface area contributed by atoms with Crippen LogP contribution in [-0.4, -0.2) is 43.6 Å². The van der Waals surface area contributed by atoms with Crippen molar-refractivity contribution in [3.63, 3.8) is 0 Å². The minimum atomic E-state index is -0.102. The first kappa shape index (κ1) is 18.1. The number of carbonyl (C=O) groups is 1. The van der Waals surface area contributed by atoms with E-state index in [0.717, 1.165) is 18.4 Å². The lowest BCUT2D eigenvalue weighted by atomic mass is 9.96. The van der Waals surface area contributed by atoms with Gasteiger partial charge in [0.25, 0.3) is 11.5 Å². The summed E-state index contributed by atoms with van der Waals surface area (Å²) in [6.07, 6.45) is 6.64. The number of pyridine rings is 1. The lowest BCUT2D eigenvalue weighted by Gasteiger charge is -2.31. The summed E-state index contributed by atoms with van der Waals surface area (Å²) in [5.41, 5.74) is 1.71. The van der Waals surface area contributed by atoms with Crippen LogP contribution in [0.25, 0.3) is 11.3 Å². The van der Waals surface area contributed by atoms with Crippen LogP contribution in [0.5, 0.6) is 0 Å². The minimum Gasteiger partial charge on any atom is -0.361 e. The van der Waals surface area contributed by atoms with Crippen molar-refractivity contribution < 1.29 is 9.32 Å². The van der Waals surface area contributed by atoms with Crippen LogP contribution in [-0.2, 0) is 6.54 Å². The van der Waals surface area contributed by atoms with Crippen LogP contribution in [0, 0.1) is 12.8 Å². The fourth-order valence-electron chi connectivity index (χ4n) is 3.46. The van der Waals surface area contributed by atoms with Gasteiger partial charge >= 0.3 is 0 Å². The third kappa shape index (κ3) is 3.85. The first-order valence-corrected chi connectivity index (χ1v) is 9.29. The number of aryl methyl sites for hydroxylation is 1. The molecule has 0 atom stereocenters. The normalized spacial score (nSPS) is 15.0. The Bertz CT molecular complexity index is 1020. The Balaban J connectivity index is 1.37. The first-order chi connectivity index (χ1) is 13.6. The summed E-state index contributed by atoms with van der Waals surface area (Å²) >= 11 is 0. The minimum absolute atomic E-state index is 0.0783. The van der Waals surface area contributed by atoms with Gasteiger partial charge in [0.2, 0.25) is 0 Å². The Hall–Kier alpha value is -3.29. The molecule has 3 aromatic rings. The van der Waals surface area contributed by atoms with Crippen molar-refractivity contribution >= 4 is 5.91 Å². The second-order valence-corrected chi connectivity index (χ2v) is 7.06. The van der Waals surface area contributed by atoms with E-state index in [0.29, 0.717) is 42.7 Å². The van der Waals surface area contributed by atoms with Gasteiger partial charge in [0.05, 0.1) is 12.0 Å². The van der Waals surface area contributed by atoms with Crippen molar-refractivity contribution in [3.05, 3.63) is 64.8 Å². The maximum absolute atomic E-state index is 12.5. The van der Waals surface area contributed by atoms with Gasteiger partial charge in [-0.3, -0.25) is 19.1 Å². The quantitative estimate of drug-likeness (QED) is 0.689. The zero-order valence-corrected chi connectivity index (χ0v) is 15.6. The van der Waals surface area contributed by atoms with E-state index < -0.39 is 0 Å². The smallest absolute Gasteiger partial charge is 0.276 e. The van der Waals surface area contributed by atoms with Crippen molar-refractivity contribution in [1.29, 1.82) is 0 Å². The number of nitrogens with zero attached hydrogens (tertiary/aromatic N) is 5. The summed E-state index contributed by atoms with van der Waals surface area (Å²) in [5, 5.41) is 3.80. The van der Waals surface area contributed by atoms with Crippen LogP contribution in [0.15, 0.2) is 52.3 Å². The van der Waals surface area contributed by atoms with Crippen LogP contribution in [0.4, 0.5) is 0 Å². The highest BCUT2D eigenvalue weighted by atomic mass is 16.5. The van der Waals surface area contributed by atoms with E-state index in [-0.39, 0.29) is 11.5 Å². The summed E-state index contributed by atoms with van der Waals surface area (Å²) in [5.74, 6) is 0.849. The molecule has 0 unspecified atom stereocenters. The van der Waals surface area contributed by atoms with Crippen molar-refractivity contribution in [3.8, 4) is 11.3 Å². The van der Waals surface area contributed by atoms with Gasteiger partial charge in [-0.15, -0.1) is 0 Å². The fourth-order valence-corrected chi connectivity index (χ4v) is 3.46. The van der Waals surface area contributed by atoms with Crippen LogP contribution >= 0.6 is 0 Å². The highest BCUT2D eigenvalue weighted by Crippen LogP contribution is 2.20. The molecule has 4 rings (SSSR count). The highest BCUT2D eigenvalue weighted by molar-refractivity contribution is 5.92. The SMILES string of the molecule is Cc1cc(C(=O)N2CCC(Cn3cnc(-c4cccnc4)cc3=O)CC2)no1. The maximum Gasteiger partial charge on any atom is 0.276 e. The Labute approximate surface area is 161 Å². The molecular formula is C20H21N5O3. The molecule has 0 N–H and O–H groups in total. The monoisotopic (exact) mass is 379 g/mol. The number of likely N-dealkylation sites (tertiary alicyclic amines) is 1. The van der Waals surface area contributed by atoms with Crippen LogP contribution < -0.4 is 5.56 Å². The average Bonchev–Trinajstić information content (AvgIpc) is 3.16.